The first-order valence-corrected chi connectivity index (χ1v) is 4.34. The van der Waals surface area contributed by atoms with Gasteiger partial charge in [-0.2, -0.15) is 0 Å². The Morgan fingerprint density at radius 1 is 1.44 bits per heavy atom. The third-order valence-electron chi connectivity index (χ3n) is 2.27. The van der Waals surface area contributed by atoms with Crippen LogP contribution in [-0.4, -0.2) is 35.4 Å². The first-order chi connectivity index (χ1) is 7.68. The zero-order valence-corrected chi connectivity index (χ0v) is 7.76. The maximum absolute atomic E-state index is 11.9. The highest BCUT2D eigenvalue weighted by atomic mass is 16.4. The molecule has 0 aliphatic heterocycles. The monoisotopic (exact) mass is 219 g/mol. The topological polar surface area (TPSA) is 116 Å². The molecule has 3 N–H and O–H groups in total. The zero-order valence-electron chi connectivity index (χ0n) is 7.76. The Hall–Kier alpha value is -2.64. The van der Waals surface area contributed by atoms with E-state index < -0.39 is 11.5 Å². The van der Waals surface area contributed by atoms with Gasteiger partial charge in [0.2, 0.25) is 5.78 Å². The number of H-pyrrole nitrogens is 2. The van der Waals surface area contributed by atoms with E-state index in [1.165, 1.54) is 6.33 Å². The highest BCUT2D eigenvalue weighted by Crippen LogP contribution is 2.05. The first kappa shape index (κ1) is 8.65. The third-order valence-corrected chi connectivity index (χ3v) is 2.27. The van der Waals surface area contributed by atoms with Crippen LogP contribution >= 0.6 is 0 Å². The largest absolute Gasteiger partial charge is 0.477 e. The predicted molar refractivity (Wildman–Crippen MR) is 52.4 cm³/mol. The highest BCUT2D eigenvalue weighted by molar-refractivity contribution is 5.87. The fraction of sp³-hybridized carbons (Fsp3) is 0. The molecule has 3 rings (SSSR count). The molecule has 8 nitrogen and oxygen atoms in total. The Balaban J connectivity index is 2.60. The molecule has 0 radical (unpaired) electrons. The van der Waals surface area contributed by atoms with Crippen LogP contribution in [0.1, 0.15) is 10.5 Å². The Bertz CT molecular complexity index is 765. The second kappa shape index (κ2) is 2.69. The average Bonchev–Trinajstić information content (AvgIpc) is 2.83. The summed E-state index contributed by atoms with van der Waals surface area (Å²) in [6, 6.07) is 0. The summed E-state index contributed by atoms with van der Waals surface area (Å²) >= 11 is 0. The van der Waals surface area contributed by atoms with E-state index in [2.05, 4.69) is 19.9 Å². The Labute approximate surface area is 86.6 Å². The van der Waals surface area contributed by atoms with Gasteiger partial charge in [0.05, 0.1) is 12.5 Å². The molecule has 0 aliphatic rings. The molecule has 8 heteroatoms. The molecule has 3 aromatic heterocycles. The maximum atomic E-state index is 11.9. The van der Waals surface area contributed by atoms with E-state index in [1.54, 1.807) is 0 Å². The molecule has 80 valence electrons. The maximum Gasteiger partial charge on any atom is 0.354 e. The van der Waals surface area contributed by atoms with Crippen molar-refractivity contribution < 1.29 is 9.90 Å². The Morgan fingerprint density at radius 2 is 2.25 bits per heavy atom. The van der Waals surface area contributed by atoms with Crippen LogP contribution in [0, 0.1) is 0 Å². The molecule has 0 amide bonds. The normalized spacial score (nSPS) is 11.2. The third kappa shape index (κ3) is 0.922. The summed E-state index contributed by atoms with van der Waals surface area (Å²) in [7, 11) is 0. The van der Waals surface area contributed by atoms with E-state index in [0.29, 0.717) is 5.65 Å². The summed E-state index contributed by atoms with van der Waals surface area (Å²) in [5, 5.41) is 8.88. The number of carbonyl (C=O) groups is 1. The lowest BCUT2D eigenvalue weighted by molar-refractivity contribution is 0.0689. The van der Waals surface area contributed by atoms with Crippen LogP contribution in [-0.2, 0) is 0 Å². The van der Waals surface area contributed by atoms with Crippen molar-refractivity contribution >= 4 is 22.9 Å². The summed E-state index contributed by atoms with van der Waals surface area (Å²) in [5.41, 5.74) is -0.114. The van der Waals surface area contributed by atoms with Gasteiger partial charge in [-0.3, -0.25) is 4.79 Å². The summed E-state index contributed by atoms with van der Waals surface area (Å²) in [4.78, 5) is 35.8. The first-order valence-electron chi connectivity index (χ1n) is 4.34. The number of carboxylic acids is 1. The van der Waals surface area contributed by atoms with Crippen molar-refractivity contribution in [2.45, 2.75) is 0 Å². The number of aromatic carboxylic acids is 1. The summed E-state index contributed by atoms with van der Waals surface area (Å²) in [5.74, 6) is -1.06. The smallest absolute Gasteiger partial charge is 0.354 e. The van der Waals surface area contributed by atoms with Gasteiger partial charge in [-0.1, -0.05) is 0 Å². The van der Waals surface area contributed by atoms with E-state index >= 15 is 0 Å². The SMILES string of the molecule is O=C(O)c1cnc2[nH]c3nc[nH]c3c(=O)n12. The second-order valence-electron chi connectivity index (χ2n) is 3.16. The molecule has 0 unspecified atom stereocenters. The lowest BCUT2D eigenvalue weighted by atomic mass is 10.4. The van der Waals surface area contributed by atoms with E-state index in [-0.39, 0.29) is 17.0 Å². The number of fused-ring (bicyclic) bond motifs is 2. The number of hydrogen-bond acceptors (Lipinski definition) is 4. The molecular formula is C8H5N5O3. The molecule has 3 heterocycles. The van der Waals surface area contributed by atoms with Gasteiger partial charge in [0, 0.05) is 0 Å². The summed E-state index contributed by atoms with van der Waals surface area (Å²) in [6.45, 7) is 0. The van der Waals surface area contributed by atoms with E-state index in [9.17, 15) is 9.59 Å². The zero-order chi connectivity index (χ0) is 11.3. The number of aromatic nitrogens is 5. The quantitative estimate of drug-likeness (QED) is 0.514. The number of aromatic amines is 2. The van der Waals surface area contributed by atoms with Gasteiger partial charge in [0.1, 0.15) is 5.52 Å². The summed E-state index contributed by atoms with van der Waals surface area (Å²) in [6.07, 6.45) is 2.47. The number of carboxylic acid groups (broad SMARTS) is 1. The van der Waals surface area contributed by atoms with Crippen LogP contribution in [0.4, 0.5) is 0 Å². The van der Waals surface area contributed by atoms with Crippen LogP contribution in [0.15, 0.2) is 17.3 Å². The van der Waals surface area contributed by atoms with Crippen LogP contribution in [0.5, 0.6) is 0 Å². The molecule has 0 bridgehead atoms. The number of rotatable bonds is 1. The van der Waals surface area contributed by atoms with E-state index in [0.717, 1.165) is 10.6 Å². The van der Waals surface area contributed by atoms with Crippen molar-refractivity contribution in [2.24, 2.45) is 0 Å². The van der Waals surface area contributed by atoms with Crippen molar-refractivity contribution in [3.63, 3.8) is 0 Å². The van der Waals surface area contributed by atoms with Gasteiger partial charge in [-0.15, -0.1) is 0 Å². The number of imidazole rings is 2. The highest BCUT2D eigenvalue weighted by Gasteiger charge is 2.15. The predicted octanol–water partition coefficient (Wildman–Crippen LogP) is -0.403. The lowest BCUT2D eigenvalue weighted by Gasteiger charge is -1.95. The molecule has 0 atom stereocenters. The summed E-state index contributed by atoms with van der Waals surface area (Å²) < 4.78 is 0.989. The molecule has 3 aromatic rings. The van der Waals surface area contributed by atoms with E-state index in [4.69, 9.17) is 5.11 Å². The van der Waals surface area contributed by atoms with Crippen molar-refractivity contribution in [1.29, 1.82) is 0 Å². The van der Waals surface area contributed by atoms with Crippen LogP contribution < -0.4 is 5.56 Å². The molecule has 0 spiro atoms. The molecule has 16 heavy (non-hydrogen) atoms. The molecule has 0 fully saturated rings. The van der Waals surface area contributed by atoms with Crippen molar-refractivity contribution in [2.75, 3.05) is 0 Å². The Kier molecular flexibility index (Phi) is 1.45. The molecule has 0 saturated carbocycles. The van der Waals surface area contributed by atoms with Gasteiger partial charge in [-0.05, 0) is 0 Å². The van der Waals surface area contributed by atoms with E-state index in [1.807, 2.05) is 0 Å². The number of nitrogens with one attached hydrogen (secondary N) is 2. The van der Waals surface area contributed by atoms with Crippen LogP contribution in [0.2, 0.25) is 0 Å². The number of hydrogen-bond donors (Lipinski definition) is 3. The minimum absolute atomic E-state index is 0.155. The van der Waals surface area contributed by atoms with Crippen molar-refractivity contribution in [3.8, 4) is 0 Å². The fourth-order valence-electron chi connectivity index (χ4n) is 1.57. The van der Waals surface area contributed by atoms with Crippen molar-refractivity contribution in [1.82, 2.24) is 24.3 Å². The molecule has 0 aromatic carbocycles. The Morgan fingerprint density at radius 3 is 3.00 bits per heavy atom. The fourth-order valence-corrected chi connectivity index (χ4v) is 1.57. The second-order valence-corrected chi connectivity index (χ2v) is 3.16. The lowest BCUT2D eigenvalue weighted by Crippen LogP contribution is -2.18. The standard InChI is InChI=1S/C8H5N5O3/c14-6-4-5(11-2-10-4)12-8-9-1-3(7(15)16)13(6)8/h1-2H,(H,9,12)(H,10,11)(H,15,16). The minimum Gasteiger partial charge on any atom is -0.477 e. The van der Waals surface area contributed by atoms with Crippen LogP contribution in [0.25, 0.3) is 16.9 Å². The van der Waals surface area contributed by atoms with Gasteiger partial charge in [0.15, 0.2) is 11.3 Å². The average molecular weight is 219 g/mol. The van der Waals surface area contributed by atoms with Gasteiger partial charge < -0.3 is 15.1 Å². The molecule has 0 saturated heterocycles. The van der Waals surface area contributed by atoms with Crippen LogP contribution in [0.3, 0.4) is 0 Å². The van der Waals surface area contributed by atoms with Gasteiger partial charge >= 0.3 is 5.97 Å². The van der Waals surface area contributed by atoms with Gasteiger partial charge in [-0.25, -0.2) is 19.2 Å². The number of nitrogens with zero attached hydrogens (tertiary/aromatic N) is 3. The van der Waals surface area contributed by atoms with Gasteiger partial charge in [0.25, 0.3) is 5.56 Å². The van der Waals surface area contributed by atoms with Crippen molar-refractivity contribution in [3.05, 3.63) is 28.6 Å². The molecular weight excluding hydrogens is 214 g/mol. The minimum atomic E-state index is -1.21. The molecule has 0 aliphatic carbocycles.